The van der Waals surface area contributed by atoms with Gasteiger partial charge in [0.05, 0.1) is 15.8 Å². The zero-order valence-corrected chi connectivity index (χ0v) is 23.7. The molecule has 0 aliphatic rings. The van der Waals surface area contributed by atoms with Crippen LogP contribution in [0.5, 0.6) is 5.75 Å². The molecule has 3 rings (SSSR count). The van der Waals surface area contributed by atoms with Crippen LogP contribution in [0, 0.1) is 0 Å². The van der Waals surface area contributed by atoms with Crippen molar-refractivity contribution in [1.29, 1.82) is 0 Å². The molecule has 0 saturated heterocycles. The van der Waals surface area contributed by atoms with Crippen molar-refractivity contribution in [3.63, 3.8) is 0 Å². The number of phenols is 1. The second kappa shape index (κ2) is 13.8. The largest absolute Gasteiger partial charge is 0.506 e. The summed E-state index contributed by atoms with van der Waals surface area (Å²) in [5, 5.41) is 16.0. The summed E-state index contributed by atoms with van der Waals surface area (Å²) in [5.74, 6) is -0.419. The minimum absolute atomic E-state index is 0.0350. The number of hydrogen-bond donors (Lipinski definition) is 4. The maximum absolute atomic E-state index is 12.7. The van der Waals surface area contributed by atoms with Crippen molar-refractivity contribution in [3.8, 4) is 5.75 Å². The first-order valence-corrected chi connectivity index (χ1v) is 13.3. The number of ketones is 1. The van der Waals surface area contributed by atoms with Crippen molar-refractivity contribution < 1.29 is 24.2 Å². The lowest BCUT2D eigenvalue weighted by atomic mass is 10.0. The number of benzene rings is 3. The summed E-state index contributed by atoms with van der Waals surface area (Å²) in [7, 11) is 0. The fourth-order valence-corrected chi connectivity index (χ4v) is 4.83. The van der Waals surface area contributed by atoms with Gasteiger partial charge < -0.3 is 20.9 Å². The van der Waals surface area contributed by atoms with Crippen LogP contribution < -0.4 is 16.4 Å². The monoisotopic (exact) mass is 643 g/mol. The Kier molecular flexibility index (Phi) is 10.5. The molecule has 0 aliphatic heterocycles. The molecule has 2 amide bonds. The fraction of sp³-hybridized carbons (Fsp3) is 0.179. The van der Waals surface area contributed by atoms with Crippen molar-refractivity contribution in [2.45, 2.75) is 32.3 Å². The first-order valence-electron chi connectivity index (χ1n) is 11.7. The van der Waals surface area contributed by atoms with E-state index < -0.39 is 12.2 Å². The average Bonchev–Trinajstić information content (AvgIpc) is 2.87. The number of halogens is 2. The van der Waals surface area contributed by atoms with Gasteiger partial charge in [0.2, 0.25) is 5.91 Å². The lowest BCUT2D eigenvalue weighted by Gasteiger charge is -2.20. The van der Waals surface area contributed by atoms with E-state index in [1.807, 2.05) is 0 Å². The van der Waals surface area contributed by atoms with Gasteiger partial charge in [-0.05, 0) is 96.7 Å². The minimum atomic E-state index is -0.772. The number of anilines is 3. The third kappa shape index (κ3) is 8.46. The van der Waals surface area contributed by atoms with Gasteiger partial charge in [-0.25, -0.2) is 4.79 Å². The molecule has 8 nitrogen and oxygen atoms in total. The van der Waals surface area contributed by atoms with E-state index in [4.69, 9.17) is 10.5 Å². The number of phenolic OH excluding ortho intramolecular Hbond substituents is 1. The molecule has 38 heavy (non-hydrogen) atoms. The van der Waals surface area contributed by atoms with Gasteiger partial charge in [0, 0.05) is 21.3 Å². The summed E-state index contributed by atoms with van der Waals surface area (Å²) >= 11 is 6.72. The van der Waals surface area contributed by atoms with E-state index in [9.17, 15) is 19.5 Å². The normalized spacial score (nSPS) is 11.7. The molecule has 0 radical (unpaired) electrons. The number of unbranched alkanes of at least 4 members (excludes halogenated alkanes) is 1. The van der Waals surface area contributed by atoms with Gasteiger partial charge in [-0.2, -0.15) is 0 Å². The second-order valence-corrected chi connectivity index (χ2v) is 10.2. The average molecular weight is 645 g/mol. The van der Waals surface area contributed by atoms with Crippen LogP contribution in [0.4, 0.5) is 21.9 Å². The number of allylic oxidation sites excluding steroid dienone is 1. The van der Waals surface area contributed by atoms with Gasteiger partial charge >= 0.3 is 6.09 Å². The number of aromatic hydroxyl groups is 1. The van der Waals surface area contributed by atoms with Crippen LogP contribution >= 0.6 is 31.9 Å². The number of carbonyl (C=O) groups excluding carboxylic acids is 3. The summed E-state index contributed by atoms with van der Waals surface area (Å²) < 4.78 is 6.84. The van der Waals surface area contributed by atoms with Gasteiger partial charge in [0.25, 0.3) is 0 Å². The number of para-hydroxylation sites is 2. The van der Waals surface area contributed by atoms with Crippen molar-refractivity contribution in [2.24, 2.45) is 0 Å². The first-order chi connectivity index (χ1) is 18.1. The first kappa shape index (κ1) is 28.9. The number of hydrogen-bond acceptors (Lipinski definition) is 6. The predicted molar refractivity (Wildman–Crippen MR) is 155 cm³/mol. The Hall–Kier alpha value is -3.63. The van der Waals surface area contributed by atoms with E-state index in [0.717, 1.165) is 0 Å². The van der Waals surface area contributed by atoms with E-state index in [-0.39, 0.29) is 17.4 Å². The number of rotatable bonds is 10. The molecule has 0 heterocycles. The van der Waals surface area contributed by atoms with E-state index >= 15 is 0 Å². The molecule has 0 fully saturated rings. The standard InChI is InChI=1S/C28H27Br2N3O5/c1-17(34)18-11-13-20(14-12-18)32-28(37)38-25(21-15-19(29)16-22(30)27(21)36)9-3-2-4-10-26(35)33-24-8-6-5-7-23(24)31/h4-8,10-16,25,36H,2-3,9,31H2,1H3,(H,32,37)(H,33,35)/b10-4+/t25-/m0/s1. The van der Waals surface area contributed by atoms with Crippen LogP contribution in [0.3, 0.4) is 0 Å². The quantitative estimate of drug-likeness (QED) is 0.0789. The molecule has 3 aromatic carbocycles. The number of Topliss-reactive ketones (excluding diaryl/α,β-unsaturated/α-hetero) is 1. The number of nitrogen functional groups attached to an aromatic ring is 1. The highest BCUT2D eigenvalue weighted by atomic mass is 79.9. The second-order valence-electron chi connectivity index (χ2n) is 8.39. The highest BCUT2D eigenvalue weighted by Gasteiger charge is 2.22. The smallest absolute Gasteiger partial charge is 0.412 e. The molecule has 0 unspecified atom stereocenters. The fourth-order valence-electron chi connectivity index (χ4n) is 3.57. The van der Waals surface area contributed by atoms with Crippen molar-refractivity contribution in [3.05, 3.63) is 92.9 Å². The Morgan fingerprint density at radius 1 is 1.05 bits per heavy atom. The Morgan fingerprint density at radius 2 is 1.76 bits per heavy atom. The Bertz CT molecular complexity index is 1340. The van der Waals surface area contributed by atoms with Crippen LogP contribution in [0.2, 0.25) is 0 Å². The predicted octanol–water partition coefficient (Wildman–Crippen LogP) is 7.36. The third-order valence-corrected chi connectivity index (χ3v) is 6.58. The molecule has 0 spiro atoms. The van der Waals surface area contributed by atoms with Gasteiger partial charge in [0.15, 0.2) is 5.78 Å². The van der Waals surface area contributed by atoms with Crippen LogP contribution in [0.1, 0.15) is 48.2 Å². The lowest BCUT2D eigenvalue weighted by molar-refractivity contribution is -0.111. The van der Waals surface area contributed by atoms with Crippen molar-refractivity contribution >= 4 is 66.7 Å². The topological polar surface area (TPSA) is 131 Å². The van der Waals surface area contributed by atoms with Crippen molar-refractivity contribution in [1.82, 2.24) is 0 Å². The summed E-state index contributed by atoms with van der Waals surface area (Å²) in [6.45, 7) is 1.46. The number of ether oxygens (including phenoxy) is 1. The molecule has 5 N–H and O–H groups in total. The summed E-state index contributed by atoms with van der Waals surface area (Å²) in [4.78, 5) is 36.4. The Labute approximate surface area is 237 Å². The molecule has 10 heteroatoms. The lowest BCUT2D eigenvalue weighted by Crippen LogP contribution is -2.18. The summed E-state index contributed by atoms with van der Waals surface area (Å²) in [5.41, 5.74) is 8.28. The van der Waals surface area contributed by atoms with Crippen LogP contribution in [-0.2, 0) is 9.53 Å². The SMILES string of the molecule is CC(=O)c1ccc(NC(=O)O[C@@H](CCC/C=C/C(=O)Nc2ccccc2N)c2cc(Br)cc(Br)c2O)cc1. The molecule has 1 atom stereocenters. The maximum Gasteiger partial charge on any atom is 0.412 e. The number of carbonyl (C=O) groups is 3. The van der Waals surface area contributed by atoms with E-state index in [2.05, 4.69) is 42.5 Å². The highest BCUT2D eigenvalue weighted by Crippen LogP contribution is 2.38. The van der Waals surface area contributed by atoms with E-state index in [0.29, 0.717) is 56.4 Å². The van der Waals surface area contributed by atoms with Crippen LogP contribution in [-0.4, -0.2) is 22.9 Å². The number of amides is 2. The molecule has 0 saturated carbocycles. The highest BCUT2D eigenvalue weighted by molar-refractivity contribution is 9.11. The molecule has 0 bridgehead atoms. The van der Waals surface area contributed by atoms with Gasteiger partial charge in [-0.1, -0.05) is 34.1 Å². The molecule has 3 aromatic rings. The number of nitrogens with two attached hydrogens (primary N) is 1. The van der Waals surface area contributed by atoms with Crippen molar-refractivity contribution in [2.75, 3.05) is 16.4 Å². The molecule has 0 aliphatic carbocycles. The molecule has 0 aromatic heterocycles. The zero-order valence-electron chi connectivity index (χ0n) is 20.5. The maximum atomic E-state index is 12.7. The molecule has 198 valence electrons. The van der Waals surface area contributed by atoms with Gasteiger partial charge in [0.1, 0.15) is 11.9 Å². The molecular formula is C28H27Br2N3O5. The molecular weight excluding hydrogens is 618 g/mol. The summed E-state index contributed by atoms with van der Waals surface area (Å²) in [6.07, 6.45) is 3.13. The minimum Gasteiger partial charge on any atom is -0.506 e. The zero-order chi connectivity index (χ0) is 27.7. The van der Waals surface area contributed by atoms with Gasteiger partial charge in [-0.15, -0.1) is 0 Å². The number of nitrogens with one attached hydrogen (secondary N) is 2. The Morgan fingerprint density at radius 3 is 2.45 bits per heavy atom. The van der Waals surface area contributed by atoms with Crippen LogP contribution in [0.25, 0.3) is 0 Å². The van der Waals surface area contributed by atoms with E-state index in [1.54, 1.807) is 66.7 Å². The third-order valence-electron chi connectivity index (χ3n) is 5.52. The van der Waals surface area contributed by atoms with E-state index in [1.165, 1.54) is 13.0 Å². The Balaban J connectivity index is 1.64. The van der Waals surface area contributed by atoms with Gasteiger partial charge in [-0.3, -0.25) is 14.9 Å². The van der Waals surface area contributed by atoms with Crippen LogP contribution in [0.15, 0.2) is 81.8 Å². The summed E-state index contributed by atoms with van der Waals surface area (Å²) in [6, 6.07) is 16.8.